The summed E-state index contributed by atoms with van der Waals surface area (Å²) in [5, 5.41) is 0. The summed E-state index contributed by atoms with van der Waals surface area (Å²) in [4.78, 5) is 10.2. The van der Waals surface area contributed by atoms with Crippen LogP contribution in [0.4, 0.5) is 0 Å². The van der Waals surface area contributed by atoms with Crippen LogP contribution >= 0.6 is 0 Å². The summed E-state index contributed by atoms with van der Waals surface area (Å²) < 4.78 is 4.75. The minimum absolute atomic E-state index is 0.0657. The van der Waals surface area contributed by atoms with Gasteiger partial charge >= 0.3 is 5.97 Å². The Balaban J connectivity index is 2.03. The molecule has 1 heterocycles. The first-order valence-corrected chi connectivity index (χ1v) is 3.13. The zero-order valence-corrected chi connectivity index (χ0v) is 5.30. The molecule has 2 nitrogen and oxygen atoms in total. The monoisotopic (exact) mass is 126 g/mol. The quantitative estimate of drug-likeness (QED) is 0.420. The van der Waals surface area contributed by atoms with E-state index in [9.17, 15) is 4.79 Å². The highest BCUT2D eigenvalue weighted by atomic mass is 16.6. The van der Waals surface area contributed by atoms with Crippen LogP contribution in [0.1, 0.15) is 19.3 Å². The molecule has 50 valence electrons. The van der Waals surface area contributed by atoms with Crippen LogP contribution in [-0.4, -0.2) is 12.1 Å². The molecule has 0 aliphatic carbocycles. The molecule has 1 atom stereocenters. The van der Waals surface area contributed by atoms with Crippen molar-refractivity contribution >= 4 is 5.97 Å². The van der Waals surface area contributed by atoms with Gasteiger partial charge in [0, 0.05) is 0 Å². The Morgan fingerprint density at radius 1 is 1.89 bits per heavy atom. The van der Waals surface area contributed by atoms with E-state index in [2.05, 4.69) is 6.58 Å². The van der Waals surface area contributed by atoms with Gasteiger partial charge in [-0.3, -0.25) is 4.79 Å². The molecule has 1 fully saturated rings. The Morgan fingerprint density at radius 3 is 3.00 bits per heavy atom. The van der Waals surface area contributed by atoms with Gasteiger partial charge in [-0.05, 0) is 12.8 Å². The van der Waals surface area contributed by atoms with Crippen molar-refractivity contribution in [1.29, 1.82) is 0 Å². The van der Waals surface area contributed by atoms with Crippen molar-refractivity contribution in [3.05, 3.63) is 12.7 Å². The van der Waals surface area contributed by atoms with Crippen LogP contribution in [0.3, 0.4) is 0 Å². The summed E-state index contributed by atoms with van der Waals surface area (Å²) in [5.74, 6) is -0.0657. The van der Waals surface area contributed by atoms with Gasteiger partial charge in [-0.2, -0.15) is 0 Å². The van der Waals surface area contributed by atoms with E-state index in [1.54, 1.807) is 0 Å². The molecule has 0 saturated carbocycles. The molecule has 9 heavy (non-hydrogen) atoms. The third kappa shape index (κ3) is 1.56. The lowest BCUT2D eigenvalue weighted by Crippen LogP contribution is -2.32. The minimum Gasteiger partial charge on any atom is -0.462 e. The summed E-state index contributed by atoms with van der Waals surface area (Å²) in [6.07, 6.45) is 4.52. The van der Waals surface area contributed by atoms with E-state index in [4.69, 9.17) is 4.74 Å². The molecule has 0 aromatic rings. The van der Waals surface area contributed by atoms with Gasteiger partial charge < -0.3 is 4.74 Å². The van der Waals surface area contributed by atoms with Crippen molar-refractivity contribution < 1.29 is 9.53 Å². The molecule has 0 N–H and O–H groups in total. The second-order valence-electron chi connectivity index (χ2n) is 2.18. The van der Waals surface area contributed by atoms with Gasteiger partial charge in [0.2, 0.25) is 0 Å². The third-order valence-electron chi connectivity index (χ3n) is 1.39. The Labute approximate surface area is 54.5 Å². The van der Waals surface area contributed by atoms with Crippen LogP contribution in [0.15, 0.2) is 12.7 Å². The first-order valence-electron chi connectivity index (χ1n) is 3.13. The smallest absolute Gasteiger partial charge is 0.309 e. The molecule has 0 unspecified atom stereocenters. The van der Waals surface area contributed by atoms with Crippen LogP contribution in [0.5, 0.6) is 0 Å². The fourth-order valence-corrected chi connectivity index (χ4v) is 0.827. The second-order valence-corrected chi connectivity index (χ2v) is 2.18. The third-order valence-corrected chi connectivity index (χ3v) is 1.39. The van der Waals surface area contributed by atoms with E-state index < -0.39 is 0 Å². The fraction of sp³-hybridized carbons (Fsp3) is 0.571. The van der Waals surface area contributed by atoms with E-state index in [0.29, 0.717) is 6.42 Å². The maximum atomic E-state index is 10.2. The number of hydrogen-bond acceptors (Lipinski definition) is 2. The van der Waals surface area contributed by atoms with Crippen molar-refractivity contribution in [2.24, 2.45) is 0 Å². The highest BCUT2D eigenvalue weighted by molar-refractivity contribution is 5.75. The van der Waals surface area contributed by atoms with Gasteiger partial charge in [0.1, 0.15) is 6.10 Å². The van der Waals surface area contributed by atoms with Crippen molar-refractivity contribution in [3.8, 4) is 0 Å². The van der Waals surface area contributed by atoms with Gasteiger partial charge in [-0.1, -0.05) is 6.08 Å². The Kier molecular flexibility index (Phi) is 1.88. The molecule has 1 rings (SSSR count). The predicted molar refractivity (Wildman–Crippen MR) is 33.9 cm³/mol. The van der Waals surface area contributed by atoms with Gasteiger partial charge in [-0.15, -0.1) is 6.58 Å². The second kappa shape index (κ2) is 2.67. The number of hydrogen-bond donors (Lipinski definition) is 0. The molecule has 0 aromatic carbocycles. The van der Waals surface area contributed by atoms with Crippen molar-refractivity contribution in [2.45, 2.75) is 25.4 Å². The molecular formula is C7H10O2. The lowest BCUT2D eigenvalue weighted by Gasteiger charge is -2.24. The van der Waals surface area contributed by atoms with Gasteiger partial charge in [0.15, 0.2) is 0 Å². The molecule has 0 amide bonds. The van der Waals surface area contributed by atoms with Crippen LogP contribution in [0.25, 0.3) is 0 Å². The lowest BCUT2D eigenvalue weighted by molar-refractivity contribution is -0.169. The summed E-state index contributed by atoms with van der Waals surface area (Å²) in [6.45, 7) is 3.57. The molecule has 1 saturated heterocycles. The van der Waals surface area contributed by atoms with Gasteiger partial charge in [-0.25, -0.2) is 0 Å². The topological polar surface area (TPSA) is 26.3 Å². The first kappa shape index (κ1) is 6.33. The highest BCUT2D eigenvalue weighted by Gasteiger charge is 2.26. The standard InChI is InChI=1S/C7H10O2/c1-2-3-4-6-5-7(8)9-6/h2,6H,1,3-5H2/t6-/m1/s1. The summed E-state index contributed by atoms with van der Waals surface area (Å²) >= 11 is 0. The number of carbonyl (C=O) groups is 1. The molecule has 0 aromatic heterocycles. The van der Waals surface area contributed by atoms with E-state index >= 15 is 0 Å². The van der Waals surface area contributed by atoms with Crippen molar-refractivity contribution in [2.75, 3.05) is 0 Å². The molecule has 0 radical (unpaired) electrons. The molecule has 0 spiro atoms. The van der Waals surface area contributed by atoms with Crippen LogP contribution in [-0.2, 0) is 9.53 Å². The Morgan fingerprint density at radius 2 is 2.56 bits per heavy atom. The van der Waals surface area contributed by atoms with E-state index in [-0.39, 0.29) is 12.1 Å². The van der Waals surface area contributed by atoms with Crippen molar-refractivity contribution in [1.82, 2.24) is 0 Å². The number of esters is 1. The number of carbonyl (C=O) groups excluding carboxylic acids is 1. The zero-order chi connectivity index (χ0) is 6.69. The van der Waals surface area contributed by atoms with Gasteiger partial charge in [0.25, 0.3) is 0 Å². The van der Waals surface area contributed by atoms with Crippen LogP contribution < -0.4 is 0 Å². The minimum atomic E-state index is -0.0657. The SMILES string of the molecule is C=CCC[C@@H]1CC(=O)O1. The Hall–Kier alpha value is -0.790. The molecule has 1 aliphatic heterocycles. The normalized spacial score (nSPS) is 24.4. The van der Waals surface area contributed by atoms with E-state index in [1.807, 2.05) is 6.08 Å². The number of cyclic esters (lactones) is 1. The predicted octanol–water partition coefficient (Wildman–Crippen LogP) is 1.27. The average Bonchev–Trinajstić information content (AvgIpc) is 1.78. The Bertz CT molecular complexity index is 121. The highest BCUT2D eigenvalue weighted by Crippen LogP contribution is 2.17. The average molecular weight is 126 g/mol. The summed E-state index contributed by atoms with van der Waals surface area (Å²) in [5.41, 5.74) is 0. The maximum absolute atomic E-state index is 10.2. The van der Waals surface area contributed by atoms with Gasteiger partial charge in [0.05, 0.1) is 6.42 Å². The maximum Gasteiger partial charge on any atom is 0.309 e. The summed E-state index contributed by atoms with van der Waals surface area (Å²) in [7, 11) is 0. The molecule has 1 aliphatic rings. The number of ether oxygens (including phenoxy) is 1. The van der Waals surface area contributed by atoms with E-state index in [1.165, 1.54) is 0 Å². The molecule has 2 heteroatoms. The fourth-order valence-electron chi connectivity index (χ4n) is 0.827. The number of rotatable bonds is 3. The summed E-state index contributed by atoms with van der Waals surface area (Å²) in [6, 6.07) is 0. The van der Waals surface area contributed by atoms with Crippen LogP contribution in [0, 0.1) is 0 Å². The largest absolute Gasteiger partial charge is 0.462 e. The van der Waals surface area contributed by atoms with E-state index in [0.717, 1.165) is 12.8 Å². The van der Waals surface area contributed by atoms with Crippen LogP contribution in [0.2, 0.25) is 0 Å². The first-order chi connectivity index (χ1) is 4.33. The molecule has 0 bridgehead atoms. The van der Waals surface area contributed by atoms with Crippen molar-refractivity contribution in [3.63, 3.8) is 0 Å². The molecular weight excluding hydrogens is 116 g/mol. The zero-order valence-electron chi connectivity index (χ0n) is 5.30. The lowest BCUT2D eigenvalue weighted by atomic mass is 10.1. The number of allylic oxidation sites excluding steroid dienone is 1.